The van der Waals surface area contributed by atoms with Crippen molar-refractivity contribution in [3.8, 4) is 0 Å². The fourth-order valence-corrected chi connectivity index (χ4v) is 3.67. The molecule has 0 radical (unpaired) electrons. The van der Waals surface area contributed by atoms with Gasteiger partial charge in [0.2, 0.25) is 5.91 Å². The number of nitrogens with one attached hydrogen (secondary N) is 1. The molecule has 27 heavy (non-hydrogen) atoms. The zero-order chi connectivity index (χ0) is 19.4. The van der Waals surface area contributed by atoms with Gasteiger partial charge < -0.3 is 15.1 Å². The Labute approximate surface area is 159 Å². The number of benzene rings is 1. The first-order valence-electron chi connectivity index (χ1n) is 8.50. The summed E-state index contributed by atoms with van der Waals surface area (Å²) in [5, 5.41) is 2.12. The molecule has 2 saturated heterocycles. The second-order valence-corrected chi connectivity index (χ2v) is 7.04. The van der Waals surface area contributed by atoms with E-state index in [9.17, 15) is 23.6 Å². The lowest BCUT2D eigenvalue weighted by Gasteiger charge is -2.35. The molecule has 0 aromatic heterocycles. The summed E-state index contributed by atoms with van der Waals surface area (Å²) in [6.45, 7) is 1.93. The van der Waals surface area contributed by atoms with Gasteiger partial charge in [-0.2, -0.15) is 0 Å². The lowest BCUT2D eigenvalue weighted by atomic mass is 10.2. The summed E-state index contributed by atoms with van der Waals surface area (Å²) in [6.07, 6.45) is 0. The van der Waals surface area contributed by atoms with Gasteiger partial charge in [0.15, 0.2) is 0 Å². The molecule has 1 N–H and O–H groups in total. The normalized spacial score (nSPS) is 17.4. The molecular formula is C17H19FN4O4S. The number of nitrogens with zero attached hydrogens (tertiary/aromatic N) is 3. The van der Waals surface area contributed by atoms with E-state index in [0.29, 0.717) is 26.2 Å². The Morgan fingerprint density at radius 2 is 1.74 bits per heavy atom. The van der Waals surface area contributed by atoms with E-state index in [1.165, 1.54) is 17.0 Å². The molecule has 2 aliphatic heterocycles. The Morgan fingerprint density at radius 3 is 2.33 bits per heavy atom. The van der Waals surface area contributed by atoms with Gasteiger partial charge >= 0.3 is 11.8 Å². The van der Waals surface area contributed by atoms with Crippen molar-refractivity contribution in [3.63, 3.8) is 0 Å². The number of thioether (sulfide) groups is 1. The lowest BCUT2D eigenvalue weighted by Crippen LogP contribution is -2.53. The molecule has 8 nitrogen and oxygen atoms in total. The van der Waals surface area contributed by atoms with Crippen LogP contribution in [0.5, 0.6) is 0 Å². The van der Waals surface area contributed by atoms with Crippen molar-refractivity contribution in [2.75, 3.05) is 49.9 Å². The summed E-state index contributed by atoms with van der Waals surface area (Å²) in [4.78, 5) is 51.7. The van der Waals surface area contributed by atoms with E-state index in [4.69, 9.17) is 0 Å². The summed E-state index contributed by atoms with van der Waals surface area (Å²) in [5.41, 5.74) is 0.866. The maximum absolute atomic E-state index is 13.0. The second-order valence-electron chi connectivity index (χ2n) is 6.11. The molecular weight excluding hydrogens is 375 g/mol. The third-order valence-corrected chi connectivity index (χ3v) is 5.27. The maximum atomic E-state index is 13.0. The monoisotopic (exact) mass is 394 g/mol. The SMILES string of the molecule is O=C(NCCN1C(=O)CSC1=O)C(=O)N1CCN(c2ccc(F)cc2)CC1. The first kappa shape index (κ1) is 19.2. The molecule has 0 aliphatic carbocycles. The first-order chi connectivity index (χ1) is 13.0. The summed E-state index contributed by atoms with van der Waals surface area (Å²) in [6, 6.07) is 6.13. The van der Waals surface area contributed by atoms with E-state index < -0.39 is 11.8 Å². The van der Waals surface area contributed by atoms with E-state index in [1.54, 1.807) is 12.1 Å². The molecule has 0 spiro atoms. The number of rotatable bonds is 4. The van der Waals surface area contributed by atoms with Gasteiger partial charge in [0.1, 0.15) is 5.82 Å². The van der Waals surface area contributed by atoms with Gasteiger partial charge in [-0.25, -0.2) is 4.39 Å². The molecule has 3 rings (SSSR count). The van der Waals surface area contributed by atoms with Crippen LogP contribution in [0.15, 0.2) is 24.3 Å². The standard InChI is InChI=1S/C17H19FN4O4S/c18-12-1-3-13(4-2-12)20-7-9-21(10-8-20)16(25)15(24)19-5-6-22-14(23)11-27-17(22)26/h1-4H,5-11H2,(H,19,24). The van der Waals surface area contributed by atoms with Gasteiger partial charge in [-0.1, -0.05) is 11.8 Å². The molecule has 0 atom stereocenters. The van der Waals surface area contributed by atoms with E-state index in [1.807, 2.05) is 4.90 Å². The smallest absolute Gasteiger partial charge is 0.312 e. The molecule has 10 heteroatoms. The minimum absolute atomic E-state index is 0.0398. The summed E-state index contributed by atoms with van der Waals surface area (Å²) < 4.78 is 13.0. The fourth-order valence-electron chi connectivity index (χ4n) is 2.92. The van der Waals surface area contributed by atoms with Crippen LogP contribution in [0.3, 0.4) is 0 Å². The van der Waals surface area contributed by atoms with E-state index in [-0.39, 0.29) is 35.8 Å². The zero-order valence-corrected chi connectivity index (χ0v) is 15.3. The number of hydrogen-bond acceptors (Lipinski definition) is 6. The van der Waals surface area contributed by atoms with Crippen LogP contribution in [-0.4, -0.2) is 77.8 Å². The van der Waals surface area contributed by atoms with Crippen LogP contribution < -0.4 is 10.2 Å². The van der Waals surface area contributed by atoms with Crippen LogP contribution in [0, 0.1) is 5.82 Å². The van der Waals surface area contributed by atoms with Crippen molar-refractivity contribution < 1.29 is 23.6 Å². The minimum Gasteiger partial charge on any atom is -0.368 e. The quantitative estimate of drug-likeness (QED) is 0.738. The minimum atomic E-state index is -0.753. The average Bonchev–Trinajstić information content (AvgIpc) is 3.00. The number of carbonyl (C=O) groups is 4. The number of halogens is 1. The Hall–Kier alpha value is -2.62. The predicted octanol–water partition coefficient (Wildman–Crippen LogP) is 0.286. The number of hydrogen-bond donors (Lipinski definition) is 1. The largest absolute Gasteiger partial charge is 0.368 e. The highest BCUT2D eigenvalue weighted by atomic mass is 32.2. The number of imide groups is 1. The summed E-state index contributed by atoms with van der Waals surface area (Å²) in [7, 11) is 0. The van der Waals surface area contributed by atoms with Crippen molar-refractivity contribution >= 4 is 40.4 Å². The predicted molar refractivity (Wildman–Crippen MR) is 97.8 cm³/mol. The Kier molecular flexibility index (Phi) is 5.94. The summed E-state index contributed by atoms with van der Waals surface area (Å²) in [5.74, 6) is -1.87. The average molecular weight is 394 g/mol. The molecule has 2 heterocycles. The Morgan fingerprint density at radius 1 is 1.07 bits per heavy atom. The van der Waals surface area contributed by atoms with Gasteiger partial charge in [0, 0.05) is 45.0 Å². The van der Waals surface area contributed by atoms with Crippen molar-refractivity contribution in [1.29, 1.82) is 0 Å². The van der Waals surface area contributed by atoms with Crippen molar-refractivity contribution in [1.82, 2.24) is 15.1 Å². The second kappa shape index (κ2) is 8.38. The number of piperazine rings is 1. The Balaban J connectivity index is 1.43. The molecule has 0 unspecified atom stereocenters. The van der Waals surface area contributed by atoms with Crippen LogP contribution >= 0.6 is 11.8 Å². The van der Waals surface area contributed by atoms with Crippen molar-refractivity contribution in [2.24, 2.45) is 0 Å². The van der Waals surface area contributed by atoms with Crippen LogP contribution in [0.4, 0.5) is 14.9 Å². The highest BCUT2D eigenvalue weighted by Crippen LogP contribution is 2.18. The highest BCUT2D eigenvalue weighted by Gasteiger charge is 2.30. The number of anilines is 1. The highest BCUT2D eigenvalue weighted by molar-refractivity contribution is 8.14. The van der Waals surface area contributed by atoms with Gasteiger partial charge in [-0.05, 0) is 24.3 Å². The van der Waals surface area contributed by atoms with E-state index >= 15 is 0 Å². The molecule has 0 saturated carbocycles. The third-order valence-electron chi connectivity index (χ3n) is 4.41. The Bertz CT molecular complexity index is 734. The molecule has 2 aliphatic rings. The molecule has 4 amide bonds. The van der Waals surface area contributed by atoms with Gasteiger partial charge in [0.25, 0.3) is 5.24 Å². The van der Waals surface area contributed by atoms with E-state index in [0.717, 1.165) is 22.3 Å². The molecule has 2 fully saturated rings. The maximum Gasteiger partial charge on any atom is 0.312 e. The molecule has 144 valence electrons. The third kappa shape index (κ3) is 4.57. The van der Waals surface area contributed by atoms with Crippen LogP contribution in [-0.2, 0) is 14.4 Å². The van der Waals surface area contributed by atoms with Crippen LogP contribution in [0.25, 0.3) is 0 Å². The fraction of sp³-hybridized carbons (Fsp3) is 0.412. The van der Waals surface area contributed by atoms with Gasteiger partial charge in [0.05, 0.1) is 5.75 Å². The first-order valence-corrected chi connectivity index (χ1v) is 9.49. The van der Waals surface area contributed by atoms with Gasteiger partial charge in [-0.15, -0.1) is 0 Å². The lowest BCUT2D eigenvalue weighted by molar-refractivity contribution is -0.146. The topological polar surface area (TPSA) is 90.0 Å². The van der Waals surface area contributed by atoms with Crippen molar-refractivity contribution in [3.05, 3.63) is 30.1 Å². The molecule has 1 aromatic carbocycles. The zero-order valence-electron chi connectivity index (χ0n) is 14.5. The van der Waals surface area contributed by atoms with Crippen LogP contribution in [0.1, 0.15) is 0 Å². The van der Waals surface area contributed by atoms with Gasteiger partial charge in [-0.3, -0.25) is 24.1 Å². The van der Waals surface area contributed by atoms with Crippen molar-refractivity contribution in [2.45, 2.75) is 0 Å². The number of carbonyl (C=O) groups excluding carboxylic acids is 4. The number of amides is 4. The van der Waals surface area contributed by atoms with E-state index in [2.05, 4.69) is 5.32 Å². The molecule has 1 aromatic rings. The molecule has 0 bridgehead atoms. The summed E-state index contributed by atoms with van der Waals surface area (Å²) >= 11 is 0.925. The van der Waals surface area contributed by atoms with Crippen LogP contribution in [0.2, 0.25) is 0 Å².